The van der Waals surface area contributed by atoms with Crippen LogP contribution < -0.4 is 0 Å². The summed E-state index contributed by atoms with van der Waals surface area (Å²) in [6.07, 6.45) is -2.21. The van der Waals surface area contributed by atoms with E-state index >= 15 is 0 Å². The summed E-state index contributed by atoms with van der Waals surface area (Å²) in [4.78, 5) is 14.9. The molecule has 4 nitrogen and oxygen atoms in total. The molecular formula is C8H10FNO3S. The van der Waals surface area contributed by atoms with Gasteiger partial charge in [0.1, 0.15) is 6.10 Å². The SMILES string of the molecule is CCOC(=O)C(F)C(O)c1cncs1. The number of esters is 1. The Kier molecular flexibility index (Phi) is 3.97. The van der Waals surface area contributed by atoms with Gasteiger partial charge in [-0.1, -0.05) is 0 Å². The Labute approximate surface area is 84.4 Å². The summed E-state index contributed by atoms with van der Waals surface area (Å²) in [6.45, 7) is 1.67. The molecule has 78 valence electrons. The van der Waals surface area contributed by atoms with Crippen LogP contribution in [0.5, 0.6) is 0 Å². The van der Waals surface area contributed by atoms with Gasteiger partial charge >= 0.3 is 5.97 Å². The second kappa shape index (κ2) is 5.02. The highest BCUT2D eigenvalue weighted by molar-refractivity contribution is 7.09. The molecule has 14 heavy (non-hydrogen) atoms. The molecule has 0 aliphatic heterocycles. The third kappa shape index (κ3) is 2.49. The normalized spacial score (nSPS) is 14.8. The highest BCUT2D eigenvalue weighted by Crippen LogP contribution is 2.23. The van der Waals surface area contributed by atoms with Gasteiger partial charge in [-0.15, -0.1) is 11.3 Å². The van der Waals surface area contributed by atoms with E-state index in [0.29, 0.717) is 4.88 Å². The zero-order valence-electron chi connectivity index (χ0n) is 7.51. The number of carbonyl (C=O) groups is 1. The monoisotopic (exact) mass is 219 g/mol. The average molecular weight is 219 g/mol. The molecule has 0 fully saturated rings. The van der Waals surface area contributed by atoms with E-state index in [4.69, 9.17) is 0 Å². The molecule has 2 atom stereocenters. The first kappa shape index (κ1) is 11.1. The van der Waals surface area contributed by atoms with E-state index in [2.05, 4.69) is 9.72 Å². The van der Waals surface area contributed by atoms with Crippen LogP contribution in [0.15, 0.2) is 11.7 Å². The van der Waals surface area contributed by atoms with Crippen LogP contribution in [0, 0.1) is 0 Å². The summed E-state index contributed by atoms with van der Waals surface area (Å²) in [5.41, 5.74) is 1.45. The van der Waals surface area contributed by atoms with Gasteiger partial charge in [-0.2, -0.15) is 0 Å². The summed E-state index contributed by atoms with van der Waals surface area (Å²) < 4.78 is 17.6. The fourth-order valence-corrected chi connectivity index (χ4v) is 1.49. The molecule has 0 aromatic carbocycles. The van der Waals surface area contributed by atoms with Crippen LogP contribution in [0.2, 0.25) is 0 Å². The minimum Gasteiger partial charge on any atom is -0.464 e. The number of aromatic nitrogens is 1. The first-order valence-electron chi connectivity index (χ1n) is 4.04. The van der Waals surface area contributed by atoms with Gasteiger partial charge in [-0.3, -0.25) is 4.98 Å². The van der Waals surface area contributed by atoms with Crippen molar-refractivity contribution in [1.29, 1.82) is 0 Å². The fraction of sp³-hybridized carbons (Fsp3) is 0.500. The number of carbonyl (C=O) groups excluding carboxylic acids is 1. The van der Waals surface area contributed by atoms with Gasteiger partial charge in [0, 0.05) is 6.20 Å². The molecule has 0 bridgehead atoms. The highest BCUT2D eigenvalue weighted by Gasteiger charge is 2.29. The van der Waals surface area contributed by atoms with E-state index in [9.17, 15) is 14.3 Å². The highest BCUT2D eigenvalue weighted by atomic mass is 32.1. The molecule has 0 radical (unpaired) electrons. The predicted molar refractivity (Wildman–Crippen MR) is 48.6 cm³/mol. The Morgan fingerprint density at radius 2 is 2.57 bits per heavy atom. The quantitative estimate of drug-likeness (QED) is 0.770. The molecule has 1 N–H and O–H groups in total. The predicted octanol–water partition coefficient (Wildman–Crippen LogP) is 1.08. The maximum Gasteiger partial charge on any atom is 0.343 e. The van der Waals surface area contributed by atoms with Gasteiger partial charge in [0.05, 0.1) is 17.0 Å². The van der Waals surface area contributed by atoms with Crippen LogP contribution in [0.25, 0.3) is 0 Å². The number of rotatable bonds is 4. The standard InChI is InChI=1S/C8H10FNO3S/c1-2-13-8(12)6(9)7(11)5-3-10-4-14-5/h3-4,6-7,11H,2H2,1H3. The van der Waals surface area contributed by atoms with E-state index in [1.807, 2.05) is 0 Å². The van der Waals surface area contributed by atoms with Crippen molar-refractivity contribution < 1.29 is 19.0 Å². The lowest BCUT2D eigenvalue weighted by Crippen LogP contribution is -2.25. The van der Waals surface area contributed by atoms with E-state index < -0.39 is 18.2 Å². The van der Waals surface area contributed by atoms with E-state index in [1.54, 1.807) is 6.92 Å². The molecule has 1 aromatic rings. The number of thiazole rings is 1. The number of aliphatic hydroxyl groups is 1. The van der Waals surface area contributed by atoms with Crippen molar-refractivity contribution >= 4 is 17.3 Å². The molecule has 0 aliphatic rings. The largest absolute Gasteiger partial charge is 0.464 e. The molecule has 0 saturated heterocycles. The van der Waals surface area contributed by atoms with Crippen LogP contribution in [0.1, 0.15) is 17.9 Å². The number of halogens is 1. The lowest BCUT2D eigenvalue weighted by molar-refractivity contribution is -0.153. The van der Waals surface area contributed by atoms with Crippen molar-refractivity contribution in [3.8, 4) is 0 Å². The maximum absolute atomic E-state index is 13.2. The van der Waals surface area contributed by atoms with Gasteiger partial charge in [0.25, 0.3) is 0 Å². The minimum absolute atomic E-state index is 0.0919. The van der Waals surface area contributed by atoms with Crippen molar-refractivity contribution in [3.63, 3.8) is 0 Å². The third-order valence-corrected chi connectivity index (χ3v) is 2.38. The minimum atomic E-state index is -2.05. The number of ether oxygens (including phenoxy) is 1. The van der Waals surface area contributed by atoms with Crippen LogP contribution in [-0.4, -0.2) is 28.8 Å². The maximum atomic E-state index is 13.2. The lowest BCUT2D eigenvalue weighted by Gasteiger charge is -2.12. The number of hydrogen-bond donors (Lipinski definition) is 1. The van der Waals surface area contributed by atoms with Crippen molar-refractivity contribution in [2.45, 2.75) is 19.2 Å². The van der Waals surface area contributed by atoms with Crippen molar-refractivity contribution in [3.05, 3.63) is 16.6 Å². The fourth-order valence-electron chi connectivity index (χ4n) is 0.867. The van der Waals surface area contributed by atoms with Crippen molar-refractivity contribution in [2.24, 2.45) is 0 Å². The first-order valence-corrected chi connectivity index (χ1v) is 4.92. The Bertz CT molecular complexity index is 291. The van der Waals surface area contributed by atoms with E-state index in [0.717, 1.165) is 11.3 Å². The number of alkyl halides is 1. The topological polar surface area (TPSA) is 59.4 Å². The molecule has 1 aromatic heterocycles. The van der Waals surface area contributed by atoms with E-state index in [1.165, 1.54) is 11.7 Å². The summed E-state index contributed by atoms with van der Waals surface area (Å²) >= 11 is 1.09. The molecule has 0 aliphatic carbocycles. The molecule has 1 heterocycles. The molecule has 0 saturated carbocycles. The van der Waals surface area contributed by atoms with Crippen molar-refractivity contribution in [1.82, 2.24) is 4.98 Å². The number of hydrogen-bond acceptors (Lipinski definition) is 5. The zero-order chi connectivity index (χ0) is 10.6. The third-order valence-electron chi connectivity index (χ3n) is 1.53. The Balaban J connectivity index is 2.61. The Morgan fingerprint density at radius 1 is 1.86 bits per heavy atom. The molecule has 6 heteroatoms. The van der Waals surface area contributed by atoms with Gasteiger partial charge in [-0.05, 0) is 6.92 Å². The Morgan fingerprint density at radius 3 is 3.07 bits per heavy atom. The van der Waals surface area contributed by atoms with E-state index in [-0.39, 0.29) is 6.61 Å². The number of aliphatic hydroxyl groups excluding tert-OH is 1. The summed E-state index contributed by atoms with van der Waals surface area (Å²) in [5, 5.41) is 9.37. The second-order valence-electron chi connectivity index (χ2n) is 2.50. The summed E-state index contributed by atoms with van der Waals surface area (Å²) in [6, 6.07) is 0. The smallest absolute Gasteiger partial charge is 0.343 e. The van der Waals surface area contributed by atoms with Gasteiger partial charge < -0.3 is 9.84 Å². The molecule has 0 amide bonds. The first-order chi connectivity index (χ1) is 6.66. The van der Waals surface area contributed by atoms with Gasteiger partial charge in [-0.25, -0.2) is 9.18 Å². The molecular weight excluding hydrogens is 209 g/mol. The van der Waals surface area contributed by atoms with Crippen LogP contribution >= 0.6 is 11.3 Å². The van der Waals surface area contributed by atoms with Crippen LogP contribution in [-0.2, 0) is 9.53 Å². The second-order valence-corrected chi connectivity index (χ2v) is 3.42. The molecule has 1 rings (SSSR count). The van der Waals surface area contributed by atoms with Crippen LogP contribution in [0.3, 0.4) is 0 Å². The average Bonchev–Trinajstić information content (AvgIpc) is 2.68. The number of nitrogens with zero attached hydrogens (tertiary/aromatic N) is 1. The lowest BCUT2D eigenvalue weighted by atomic mass is 10.2. The zero-order valence-corrected chi connectivity index (χ0v) is 8.33. The molecule has 0 spiro atoms. The Hall–Kier alpha value is -1.01. The summed E-state index contributed by atoms with van der Waals surface area (Å²) in [7, 11) is 0. The summed E-state index contributed by atoms with van der Waals surface area (Å²) in [5.74, 6) is -1.05. The van der Waals surface area contributed by atoms with Crippen molar-refractivity contribution in [2.75, 3.05) is 6.61 Å². The van der Waals surface area contributed by atoms with Gasteiger partial charge in [0.2, 0.25) is 6.17 Å². The van der Waals surface area contributed by atoms with Crippen LogP contribution in [0.4, 0.5) is 4.39 Å². The van der Waals surface area contributed by atoms with Gasteiger partial charge in [0.15, 0.2) is 0 Å². The molecule has 2 unspecified atom stereocenters.